The molecule has 0 amide bonds. The predicted octanol–water partition coefficient (Wildman–Crippen LogP) is 1.76. The van der Waals surface area contributed by atoms with E-state index in [1.54, 1.807) is 6.20 Å². The van der Waals surface area contributed by atoms with Crippen LogP contribution in [-0.2, 0) is 0 Å². The van der Waals surface area contributed by atoms with E-state index < -0.39 is 0 Å². The maximum Gasteiger partial charge on any atom is 0.165 e. The Hall–Kier alpha value is -0.680. The first-order valence-electron chi connectivity index (χ1n) is 4.53. The number of anilines is 1. The van der Waals surface area contributed by atoms with Crippen molar-refractivity contribution in [2.75, 3.05) is 18.4 Å². The highest BCUT2D eigenvalue weighted by molar-refractivity contribution is 9.10. The number of aromatic nitrogens is 1. The van der Waals surface area contributed by atoms with E-state index in [2.05, 4.69) is 31.5 Å². The van der Waals surface area contributed by atoms with E-state index >= 15 is 0 Å². The second-order valence-electron chi connectivity index (χ2n) is 3.31. The molecule has 5 heteroatoms. The van der Waals surface area contributed by atoms with Crippen molar-refractivity contribution in [2.24, 2.45) is 0 Å². The molecule has 0 aliphatic carbocycles. The second kappa shape index (κ2) is 4.23. The Morgan fingerprint density at radius 2 is 2.43 bits per heavy atom. The first kappa shape index (κ1) is 9.86. The van der Waals surface area contributed by atoms with Crippen LogP contribution in [0.25, 0.3) is 0 Å². The summed E-state index contributed by atoms with van der Waals surface area (Å²) in [6.45, 7) is 1.87. The molecule has 1 aromatic heterocycles. The molecular formula is C9H11BrFN3. The maximum atomic E-state index is 13.3. The Kier molecular flexibility index (Phi) is 2.98. The lowest BCUT2D eigenvalue weighted by Gasteiger charge is -2.14. The molecule has 0 aromatic carbocycles. The van der Waals surface area contributed by atoms with E-state index in [0.717, 1.165) is 19.5 Å². The molecule has 76 valence electrons. The summed E-state index contributed by atoms with van der Waals surface area (Å²) in [6, 6.07) is 0.309. The molecule has 0 spiro atoms. The van der Waals surface area contributed by atoms with Gasteiger partial charge in [-0.25, -0.2) is 4.39 Å². The second-order valence-corrected chi connectivity index (χ2v) is 4.17. The van der Waals surface area contributed by atoms with Gasteiger partial charge in [0.1, 0.15) is 0 Å². The monoisotopic (exact) mass is 259 g/mol. The first-order valence-corrected chi connectivity index (χ1v) is 5.33. The highest BCUT2D eigenvalue weighted by atomic mass is 79.9. The van der Waals surface area contributed by atoms with E-state index in [-0.39, 0.29) is 5.82 Å². The molecule has 2 rings (SSSR count). The van der Waals surface area contributed by atoms with Gasteiger partial charge in [-0.05, 0) is 28.9 Å². The molecule has 2 N–H and O–H groups in total. The van der Waals surface area contributed by atoms with Gasteiger partial charge in [0.2, 0.25) is 0 Å². The topological polar surface area (TPSA) is 37.0 Å². The number of hydrogen-bond acceptors (Lipinski definition) is 3. The Labute approximate surface area is 90.2 Å². The largest absolute Gasteiger partial charge is 0.378 e. The van der Waals surface area contributed by atoms with Crippen molar-refractivity contribution in [3.63, 3.8) is 0 Å². The van der Waals surface area contributed by atoms with Gasteiger partial charge >= 0.3 is 0 Å². The van der Waals surface area contributed by atoms with Crippen LogP contribution in [-0.4, -0.2) is 24.1 Å². The van der Waals surface area contributed by atoms with Gasteiger partial charge in [0, 0.05) is 18.8 Å². The average molecular weight is 260 g/mol. The molecule has 1 aromatic rings. The lowest BCUT2D eigenvalue weighted by molar-refractivity contribution is 0.618. The van der Waals surface area contributed by atoms with E-state index in [0.29, 0.717) is 16.2 Å². The lowest BCUT2D eigenvalue weighted by atomic mass is 10.2. The highest BCUT2D eigenvalue weighted by Gasteiger charge is 2.17. The fourth-order valence-corrected chi connectivity index (χ4v) is 1.95. The summed E-state index contributed by atoms with van der Waals surface area (Å²) in [6.07, 6.45) is 3.83. The smallest absolute Gasteiger partial charge is 0.165 e. The van der Waals surface area contributed by atoms with Gasteiger partial charge in [-0.15, -0.1) is 0 Å². The van der Waals surface area contributed by atoms with Crippen LogP contribution in [0.4, 0.5) is 10.1 Å². The normalized spacial score (nSPS) is 21.1. The molecule has 0 radical (unpaired) electrons. The molecule has 14 heavy (non-hydrogen) atoms. The van der Waals surface area contributed by atoms with Gasteiger partial charge in [-0.2, -0.15) is 0 Å². The van der Waals surface area contributed by atoms with Crippen molar-refractivity contribution in [1.82, 2.24) is 10.3 Å². The van der Waals surface area contributed by atoms with Gasteiger partial charge in [0.25, 0.3) is 0 Å². The summed E-state index contributed by atoms with van der Waals surface area (Å²) in [7, 11) is 0. The predicted molar refractivity (Wildman–Crippen MR) is 56.8 cm³/mol. The summed E-state index contributed by atoms with van der Waals surface area (Å²) < 4.78 is 14.0. The zero-order valence-electron chi connectivity index (χ0n) is 7.56. The molecule has 2 heterocycles. The molecule has 0 unspecified atom stereocenters. The zero-order valence-corrected chi connectivity index (χ0v) is 9.14. The maximum absolute atomic E-state index is 13.3. The molecule has 1 saturated heterocycles. The number of nitrogens with zero attached hydrogens (tertiary/aromatic N) is 1. The number of halogens is 2. The number of pyridine rings is 1. The Bertz CT molecular complexity index is 306. The minimum atomic E-state index is -0.314. The molecular weight excluding hydrogens is 249 g/mol. The summed E-state index contributed by atoms with van der Waals surface area (Å²) in [5, 5.41) is 6.37. The first-order chi connectivity index (χ1) is 6.77. The number of rotatable bonds is 2. The number of hydrogen-bond donors (Lipinski definition) is 2. The minimum Gasteiger partial charge on any atom is -0.378 e. The quantitative estimate of drug-likeness (QED) is 0.850. The van der Waals surface area contributed by atoms with Gasteiger partial charge in [-0.1, -0.05) is 0 Å². The summed E-state index contributed by atoms with van der Waals surface area (Å²) >= 11 is 3.27. The standard InChI is InChI=1S/C9H11BrFN3/c10-7-4-13-5-8(11)9(7)14-6-1-2-12-3-6/h4-6,12H,1-3H2,(H,13,14)/t6-/m0/s1. The summed E-state index contributed by atoms with van der Waals surface area (Å²) in [5.41, 5.74) is 0.508. The molecule has 0 saturated carbocycles. The average Bonchev–Trinajstić information content (AvgIpc) is 2.64. The van der Waals surface area contributed by atoms with E-state index in [1.165, 1.54) is 6.20 Å². The summed E-state index contributed by atoms with van der Waals surface area (Å²) in [4.78, 5) is 3.74. The van der Waals surface area contributed by atoms with Gasteiger partial charge in [0.15, 0.2) is 5.82 Å². The SMILES string of the molecule is Fc1cncc(Br)c1N[C@H]1CCNC1. The van der Waals surface area contributed by atoms with E-state index in [9.17, 15) is 4.39 Å². The van der Waals surface area contributed by atoms with Crippen LogP contribution in [0.3, 0.4) is 0 Å². The Balaban J connectivity index is 2.14. The van der Waals surface area contributed by atoms with Crippen LogP contribution in [0.5, 0.6) is 0 Å². The van der Waals surface area contributed by atoms with Gasteiger partial charge in [0.05, 0.1) is 16.4 Å². The molecule has 1 aliphatic rings. The fraction of sp³-hybridized carbons (Fsp3) is 0.444. The van der Waals surface area contributed by atoms with Gasteiger partial charge < -0.3 is 10.6 Å². The van der Waals surface area contributed by atoms with Crippen LogP contribution in [0, 0.1) is 5.82 Å². The number of nitrogens with one attached hydrogen (secondary N) is 2. The van der Waals surface area contributed by atoms with Crippen molar-refractivity contribution >= 4 is 21.6 Å². The van der Waals surface area contributed by atoms with Crippen LogP contribution >= 0.6 is 15.9 Å². The van der Waals surface area contributed by atoms with Crippen LogP contribution in [0.2, 0.25) is 0 Å². The fourth-order valence-electron chi connectivity index (χ4n) is 1.53. The van der Waals surface area contributed by atoms with Crippen LogP contribution in [0.15, 0.2) is 16.9 Å². The van der Waals surface area contributed by atoms with Crippen molar-refractivity contribution in [3.8, 4) is 0 Å². The van der Waals surface area contributed by atoms with E-state index in [1.807, 2.05) is 0 Å². The third-order valence-corrected chi connectivity index (χ3v) is 2.86. The third kappa shape index (κ3) is 2.04. The molecule has 0 bridgehead atoms. The molecule has 1 atom stereocenters. The Morgan fingerprint density at radius 1 is 1.57 bits per heavy atom. The van der Waals surface area contributed by atoms with Gasteiger partial charge in [-0.3, -0.25) is 4.98 Å². The van der Waals surface area contributed by atoms with Crippen molar-refractivity contribution in [3.05, 3.63) is 22.7 Å². The van der Waals surface area contributed by atoms with Crippen LogP contribution < -0.4 is 10.6 Å². The zero-order chi connectivity index (χ0) is 9.97. The van der Waals surface area contributed by atoms with Crippen molar-refractivity contribution < 1.29 is 4.39 Å². The van der Waals surface area contributed by atoms with E-state index in [4.69, 9.17) is 0 Å². The molecule has 1 fully saturated rings. The highest BCUT2D eigenvalue weighted by Crippen LogP contribution is 2.25. The van der Waals surface area contributed by atoms with Crippen LogP contribution in [0.1, 0.15) is 6.42 Å². The van der Waals surface area contributed by atoms with Crippen molar-refractivity contribution in [2.45, 2.75) is 12.5 Å². The third-order valence-electron chi connectivity index (χ3n) is 2.26. The Morgan fingerprint density at radius 3 is 3.07 bits per heavy atom. The lowest BCUT2D eigenvalue weighted by Crippen LogP contribution is -2.23. The molecule has 1 aliphatic heterocycles. The molecule has 3 nitrogen and oxygen atoms in total. The minimum absolute atomic E-state index is 0.309. The summed E-state index contributed by atoms with van der Waals surface area (Å²) in [5.74, 6) is -0.314. The van der Waals surface area contributed by atoms with Crippen molar-refractivity contribution in [1.29, 1.82) is 0 Å².